The van der Waals surface area contributed by atoms with Crippen molar-refractivity contribution in [3.05, 3.63) is 22.9 Å². The first-order chi connectivity index (χ1) is 7.83. The fraction of sp³-hybridized carbons (Fsp3) is 0.583. The Hall–Kier alpha value is -0.610. The fourth-order valence-corrected chi connectivity index (χ4v) is 3.20. The normalized spacial score (nSPS) is 29.2. The zero-order valence-corrected chi connectivity index (χ0v) is 10.8. The van der Waals surface area contributed by atoms with E-state index >= 15 is 0 Å². The highest BCUT2D eigenvalue weighted by Gasteiger charge is 2.32. The first-order valence-electron chi connectivity index (χ1n) is 5.89. The van der Waals surface area contributed by atoms with Gasteiger partial charge in [-0.25, -0.2) is 0 Å². The van der Waals surface area contributed by atoms with Crippen molar-refractivity contribution in [3.8, 4) is 0 Å². The number of nitrogens with one attached hydrogen (secondary N) is 1. The first-order valence-corrected chi connectivity index (χ1v) is 6.68. The minimum absolute atomic E-state index is 0.827. The third kappa shape index (κ3) is 1.96. The highest BCUT2D eigenvalue weighted by molar-refractivity contribution is 9.10. The van der Waals surface area contributed by atoms with Crippen molar-refractivity contribution >= 4 is 21.6 Å². The Balaban J connectivity index is 1.76. The maximum Gasteiger partial charge on any atom is 0.0564 e. The molecular weight excluding hydrogens is 266 g/mol. The predicted molar refractivity (Wildman–Crippen MR) is 68.6 cm³/mol. The number of hydrogen-bond donors (Lipinski definition) is 1. The summed E-state index contributed by atoms with van der Waals surface area (Å²) in [4.78, 5) is 6.70. The van der Waals surface area contributed by atoms with Crippen LogP contribution >= 0.6 is 15.9 Å². The van der Waals surface area contributed by atoms with Crippen LogP contribution in [0.1, 0.15) is 6.42 Å². The van der Waals surface area contributed by atoms with Crippen LogP contribution in [-0.4, -0.2) is 31.2 Å². The predicted octanol–water partition coefficient (Wildman–Crippen LogP) is 1.89. The molecule has 3 heterocycles. The number of rotatable bonds is 1. The lowest BCUT2D eigenvalue weighted by atomic mass is 9.88. The van der Waals surface area contributed by atoms with E-state index in [1.807, 2.05) is 12.4 Å². The molecule has 86 valence electrons. The van der Waals surface area contributed by atoms with Crippen LogP contribution in [0.25, 0.3) is 0 Å². The molecule has 1 aromatic heterocycles. The average molecular weight is 282 g/mol. The van der Waals surface area contributed by atoms with Gasteiger partial charge in [0, 0.05) is 23.8 Å². The Labute approximate surface area is 104 Å². The van der Waals surface area contributed by atoms with Crippen LogP contribution < -0.4 is 10.2 Å². The molecular formula is C12H16BrN3. The molecule has 0 saturated carbocycles. The molecule has 0 bridgehead atoms. The van der Waals surface area contributed by atoms with Gasteiger partial charge < -0.3 is 10.2 Å². The van der Waals surface area contributed by atoms with E-state index in [9.17, 15) is 0 Å². The van der Waals surface area contributed by atoms with Gasteiger partial charge in [-0.15, -0.1) is 0 Å². The lowest BCUT2D eigenvalue weighted by Gasteiger charge is -2.35. The Morgan fingerprint density at radius 1 is 1.31 bits per heavy atom. The van der Waals surface area contributed by atoms with Gasteiger partial charge in [0.2, 0.25) is 0 Å². The van der Waals surface area contributed by atoms with Crippen molar-refractivity contribution in [3.63, 3.8) is 0 Å². The smallest absolute Gasteiger partial charge is 0.0564 e. The molecule has 3 rings (SSSR count). The van der Waals surface area contributed by atoms with Crippen LogP contribution in [0.4, 0.5) is 5.69 Å². The zero-order chi connectivity index (χ0) is 11.0. The van der Waals surface area contributed by atoms with Gasteiger partial charge in [0.05, 0.1) is 11.9 Å². The van der Waals surface area contributed by atoms with E-state index in [0.29, 0.717) is 0 Å². The lowest BCUT2D eigenvalue weighted by Crippen LogP contribution is -2.40. The number of halogens is 1. The molecule has 1 aromatic rings. The third-order valence-corrected chi connectivity index (χ3v) is 4.19. The first kappa shape index (κ1) is 10.5. The van der Waals surface area contributed by atoms with E-state index in [-0.39, 0.29) is 0 Å². The van der Waals surface area contributed by atoms with Gasteiger partial charge in [0.1, 0.15) is 0 Å². The van der Waals surface area contributed by atoms with Gasteiger partial charge in [-0.2, -0.15) is 0 Å². The number of pyridine rings is 1. The number of piperidine rings is 1. The lowest BCUT2D eigenvalue weighted by molar-refractivity contribution is 0.349. The molecule has 3 nitrogen and oxygen atoms in total. The molecule has 1 N–H and O–H groups in total. The SMILES string of the molecule is Brc1cncc(N2CCC3CNCC3C2)c1. The van der Waals surface area contributed by atoms with Crippen LogP contribution in [0, 0.1) is 11.8 Å². The second-order valence-electron chi connectivity index (χ2n) is 4.77. The number of fused-ring (bicyclic) bond motifs is 1. The van der Waals surface area contributed by atoms with E-state index in [1.54, 1.807) is 0 Å². The van der Waals surface area contributed by atoms with Gasteiger partial charge >= 0.3 is 0 Å². The van der Waals surface area contributed by atoms with Gasteiger partial charge in [-0.05, 0) is 53.3 Å². The van der Waals surface area contributed by atoms with Crippen molar-refractivity contribution in [2.75, 3.05) is 31.1 Å². The summed E-state index contributed by atoms with van der Waals surface area (Å²) in [5.74, 6) is 1.73. The minimum Gasteiger partial charge on any atom is -0.370 e. The van der Waals surface area contributed by atoms with Crippen LogP contribution in [0.15, 0.2) is 22.9 Å². The van der Waals surface area contributed by atoms with Crippen molar-refractivity contribution in [2.45, 2.75) is 6.42 Å². The summed E-state index contributed by atoms with van der Waals surface area (Å²) in [6, 6.07) is 2.16. The molecule has 2 fully saturated rings. The molecule has 0 spiro atoms. The number of anilines is 1. The molecule has 16 heavy (non-hydrogen) atoms. The van der Waals surface area contributed by atoms with Crippen molar-refractivity contribution < 1.29 is 0 Å². The molecule has 0 amide bonds. The highest BCUT2D eigenvalue weighted by Crippen LogP contribution is 2.30. The quantitative estimate of drug-likeness (QED) is 0.852. The number of hydrogen-bond acceptors (Lipinski definition) is 3. The molecule has 4 heteroatoms. The van der Waals surface area contributed by atoms with Crippen LogP contribution in [-0.2, 0) is 0 Å². The summed E-state index contributed by atoms with van der Waals surface area (Å²) in [7, 11) is 0. The second kappa shape index (κ2) is 4.34. The molecule has 0 aromatic carbocycles. The Bertz CT molecular complexity index is 382. The van der Waals surface area contributed by atoms with E-state index in [0.717, 1.165) is 16.3 Å². The van der Waals surface area contributed by atoms with Crippen LogP contribution in [0.3, 0.4) is 0 Å². The molecule has 2 aliphatic rings. The van der Waals surface area contributed by atoms with E-state index < -0.39 is 0 Å². The summed E-state index contributed by atoms with van der Waals surface area (Å²) in [6.07, 6.45) is 5.12. The summed E-state index contributed by atoms with van der Waals surface area (Å²) >= 11 is 3.48. The van der Waals surface area contributed by atoms with Crippen LogP contribution in [0.2, 0.25) is 0 Å². The summed E-state index contributed by atoms with van der Waals surface area (Å²) in [5, 5.41) is 3.50. The molecule has 0 aliphatic carbocycles. The monoisotopic (exact) mass is 281 g/mol. The Morgan fingerprint density at radius 2 is 2.19 bits per heavy atom. The summed E-state index contributed by atoms with van der Waals surface area (Å²) < 4.78 is 1.07. The van der Waals surface area contributed by atoms with Gasteiger partial charge in [-0.3, -0.25) is 4.98 Å². The summed E-state index contributed by atoms with van der Waals surface area (Å²) in [6.45, 7) is 4.74. The molecule has 2 atom stereocenters. The van der Waals surface area contributed by atoms with E-state index in [2.05, 4.69) is 37.2 Å². The average Bonchev–Trinajstić information content (AvgIpc) is 2.75. The molecule has 0 radical (unpaired) electrons. The number of nitrogens with zero attached hydrogens (tertiary/aromatic N) is 2. The Morgan fingerprint density at radius 3 is 3.06 bits per heavy atom. The maximum atomic E-state index is 4.24. The second-order valence-corrected chi connectivity index (χ2v) is 5.69. The van der Waals surface area contributed by atoms with Gasteiger partial charge in [0.25, 0.3) is 0 Å². The minimum atomic E-state index is 0.827. The van der Waals surface area contributed by atoms with Crippen molar-refractivity contribution in [2.24, 2.45) is 11.8 Å². The Kier molecular flexibility index (Phi) is 2.86. The fourth-order valence-electron chi connectivity index (χ4n) is 2.84. The van der Waals surface area contributed by atoms with Gasteiger partial charge in [-0.1, -0.05) is 0 Å². The highest BCUT2D eigenvalue weighted by atomic mass is 79.9. The molecule has 2 aliphatic heterocycles. The van der Waals surface area contributed by atoms with Gasteiger partial charge in [0.15, 0.2) is 0 Å². The molecule has 2 unspecified atom stereocenters. The zero-order valence-electron chi connectivity index (χ0n) is 9.19. The van der Waals surface area contributed by atoms with Crippen molar-refractivity contribution in [1.82, 2.24) is 10.3 Å². The summed E-state index contributed by atoms with van der Waals surface area (Å²) in [5.41, 5.74) is 1.25. The van der Waals surface area contributed by atoms with E-state index in [1.165, 1.54) is 38.3 Å². The number of aromatic nitrogens is 1. The maximum absolute atomic E-state index is 4.24. The topological polar surface area (TPSA) is 28.2 Å². The molecule has 2 saturated heterocycles. The van der Waals surface area contributed by atoms with Crippen molar-refractivity contribution in [1.29, 1.82) is 0 Å². The largest absolute Gasteiger partial charge is 0.370 e. The van der Waals surface area contributed by atoms with Crippen LogP contribution in [0.5, 0.6) is 0 Å². The standard InChI is InChI=1S/C12H16BrN3/c13-11-3-12(7-15-6-11)16-2-1-9-4-14-5-10(9)8-16/h3,6-7,9-10,14H,1-2,4-5,8H2. The van der Waals surface area contributed by atoms with E-state index in [4.69, 9.17) is 0 Å². The third-order valence-electron chi connectivity index (χ3n) is 3.76.